The Balaban J connectivity index is 1.27. The number of carbonyl (C=O) groups excluding carboxylic acids is 1. The topological polar surface area (TPSA) is 147 Å². The Bertz CT molecular complexity index is 1750. The summed E-state index contributed by atoms with van der Waals surface area (Å²) in [4.78, 5) is 36.0. The lowest BCUT2D eigenvalue weighted by molar-refractivity contribution is -0.384. The molecule has 0 radical (unpaired) electrons. The molecule has 1 aliphatic carbocycles. The van der Waals surface area contributed by atoms with Gasteiger partial charge in [-0.3, -0.25) is 19.8 Å². The molecule has 4 aromatic rings. The zero-order valence-corrected chi connectivity index (χ0v) is 24.7. The molecule has 230 valence electrons. The molecule has 0 unspecified atom stereocenters. The van der Waals surface area contributed by atoms with E-state index in [-0.39, 0.29) is 23.0 Å². The van der Waals surface area contributed by atoms with Crippen LogP contribution < -0.4 is 10.2 Å². The van der Waals surface area contributed by atoms with Crippen molar-refractivity contribution in [1.82, 2.24) is 14.4 Å². The van der Waals surface area contributed by atoms with E-state index in [4.69, 9.17) is 9.57 Å². The van der Waals surface area contributed by atoms with Crippen molar-refractivity contribution in [1.29, 1.82) is 0 Å². The molecule has 44 heavy (non-hydrogen) atoms. The summed E-state index contributed by atoms with van der Waals surface area (Å²) < 4.78 is 33.8. The summed E-state index contributed by atoms with van der Waals surface area (Å²) >= 11 is 0. The van der Waals surface area contributed by atoms with Gasteiger partial charge in [0, 0.05) is 53.9 Å². The van der Waals surface area contributed by atoms with E-state index in [1.165, 1.54) is 24.3 Å². The van der Waals surface area contributed by atoms with Crippen LogP contribution in [0.3, 0.4) is 0 Å². The van der Waals surface area contributed by atoms with Crippen LogP contribution in [0.5, 0.6) is 5.75 Å². The van der Waals surface area contributed by atoms with Crippen molar-refractivity contribution in [2.45, 2.75) is 42.7 Å². The van der Waals surface area contributed by atoms with Gasteiger partial charge in [0.1, 0.15) is 5.69 Å². The predicted octanol–water partition coefficient (Wildman–Crippen LogP) is 4.96. The number of aromatic nitrogens is 1. The highest BCUT2D eigenvalue weighted by Crippen LogP contribution is 2.34. The van der Waals surface area contributed by atoms with E-state index in [0.29, 0.717) is 21.4 Å². The summed E-state index contributed by atoms with van der Waals surface area (Å²) in [6, 6.07) is 18.6. The molecule has 13 heteroatoms. The van der Waals surface area contributed by atoms with Crippen LogP contribution in [-0.4, -0.2) is 72.0 Å². The van der Waals surface area contributed by atoms with E-state index in [2.05, 4.69) is 15.2 Å². The van der Waals surface area contributed by atoms with E-state index in [9.17, 15) is 23.3 Å². The first-order valence-corrected chi connectivity index (χ1v) is 16.0. The lowest BCUT2D eigenvalue weighted by Crippen LogP contribution is -2.46. The first kappa shape index (κ1) is 29.6. The Labute approximate surface area is 254 Å². The second-order valence-corrected chi connectivity index (χ2v) is 12.7. The number of nitrogens with one attached hydrogen (secondary N) is 2. The molecule has 6 rings (SSSR count). The standard InChI is InChI=1S/C31H33N5O7S/c37-31(22-5-2-1-3-6-22)36(43-30-8-4-7-27-26(30)15-16-32-27)44(40,41)25-13-14-28(29(21-25)35(38)39)33-23-9-11-24(12-10-23)34-17-19-42-20-18-34/h1-8,13-16,21,23-24,32-33H,9-12,17-20H2. The minimum Gasteiger partial charge on any atom is -0.379 e. The summed E-state index contributed by atoms with van der Waals surface area (Å²) in [5.41, 5.74) is 0.568. The number of ether oxygens (including phenoxy) is 1. The van der Waals surface area contributed by atoms with Crippen LogP contribution in [0.1, 0.15) is 36.0 Å². The molecule has 1 amide bonds. The van der Waals surface area contributed by atoms with Gasteiger partial charge in [-0.25, -0.2) is 0 Å². The molecule has 2 fully saturated rings. The number of aromatic amines is 1. The lowest BCUT2D eigenvalue weighted by atomic mass is 9.89. The number of morpholine rings is 1. The minimum atomic E-state index is -4.72. The predicted molar refractivity (Wildman–Crippen MR) is 164 cm³/mol. The number of hydrogen-bond acceptors (Lipinski definition) is 9. The molecule has 0 bridgehead atoms. The first-order valence-electron chi connectivity index (χ1n) is 14.6. The van der Waals surface area contributed by atoms with Gasteiger partial charge < -0.3 is 19.9 Å². The number of nitro benzene ring substituents is 1. The number of nitrogens with zero attached hydrogens (tertiary/aromatic N) is 3. The number of carbonyl (C=O) groups is 1. The molecular formula is C31H33N5O7S. The number of nitro groups is 1. The number of fused-ring (bicyclic) bond motifs is 1. The number of amides is 1. The van der Waals surface area contributed by atoms with Crippen LogP contribution in [0.4, 0.5) is 11.4 Å². The van der Waals surface area contributed by atoms with Crippen LogP contribution >= 0.6 is 0 Å². The summed E-state index contributed by atoms with van der Waals surface area (Å²) in [5.74, 6) is -0.822. The van der Waals surface area contributed by atoms with Crippen LogP contribution in [0.15, 0.2) is 83.9 Å². The van der Waals surface area contributed by atoms with Crippen LogP contribution in [0.2, 0.25) is 0 Å². The molecule has 3 aromatic carbocycles. The molecule has 2 aliphatic rings. The highest BCUT2D eigenvalue weighted by molar-refractivity contribution is 7.89. The zero-order chi connectivity index (χ0) is 30.7. The van der Waals surface area contributed by atoms with Gasteiger partial charge in [0.25, 0.3) is 15.7 Å². The molecule has 1 aromatic heterocycles. The van der Waals surface area contributed by atoms with Crippen molar-refractivity contribution in [3.63, 3.8) is 0 Å². The smallest absolute Gasteiger partial charge is 0.302 e. The van der Waals surface area contributed by atoms with Crippen LogP contribution in [0.25, 0.3) is 10.9 Å². The monoisotopic (exact) mass is 619 g/mol. The molecule has 2 heterocycles. The molecule has 0 atom stereocenters. The third kappa shape index (κ3) is 6.11. The molecule has 1 aliphatic heterocycles. The highest BCUT2D eigenvalue weighted by Gasteiger charge is 2.36. The van der Waals surface area contributed by atoms with Crippen molar-refractivity contribution < 1.29 is 27.7 Å². The summed E-state index contributed by atoms with van der Waals surface area (Å²) in [6.45, 7) is 3.30. The van der Waals surface area contributed by atoms with Crippen LogP contribution in [0, 0.1) is 10.1 Å². The normalized spacial score (nSPS) is 19.4. The Morgan fingerprint density at radius 2 is 1.75 bits per heavy atom. The van der Waals surface area contributed by atoms with Gasteiger partial charge in [0.15, 0.2) is 5.75 Å². The molecule has 0 spiro atoms. The van der Waals surface area contributed by atoms with E-state index in [0.717, 1.165) is 58.1 Å². The molecule has 2 N–H and O–H groups in total. The second-order valence-electron chi connectivity index (χ2n) is 10.9. The summed E-state index contributed by atoms with van der Waals surface area (Å²) in [7, 11) is -4.72. The number of rotatable bonds is 9. The van der Waals surface area contributed by atoms with Gasteiger partial charge >= 0.3 is 5.91 Å². The number of anilines is 1. The molecule has 1 saturated carbocycles. The Morgan fingerprint density at radius 3 is 2.48 bits per heavy atom. The van der Waals surface area contributed by atoms with E-state index >= 15 is 0 Å². The van der Waals surface area contributed by atoms with Gasteiger partial charge in [0.2, 0.25) is 0 Å². The van der Waals surface area contributed by atoms with Gasteiger partial charge in [0.05, 0.1) is 23.0 Å². The maximum absolute atomic E-state index is 14.0. The van der Waals surface area contributed by atoms with Crippen molar-refractivity contribution >= 4 is 38.2 Å². The zero-order valence-electron chi connectivity index (χ0n) is 23.9. The fraction of sp³-hybridized carbons (Fsp3) is 0.323. The minimum absolute atomic E-state index is 0.00905. The fourth-order valence-electron chi connectivity index (χ4n) is 5.90. The Kier molecular flexibility index (Phi) is 8.51. The Hall–Kier alpha value is -4.46. The highest BCUT2D eigenvalue weighted by atomic mass is 32.2. The number of benzene rings is 3. The van der Waals surface area contributed by atoms with Gasteiger partial charge in [-0.05, 0) is 68.1 Å². The number of hydroxylamine groups is 1. The van der Waals surface area contributed by atoms with Crippen molar-refractivity contribution in [2.75, 3.05) is 31.6 Å². The SMILES string of the molecule is O=C(c1ccccc1)N(Oc1cccc2[nH]ccc12)S(=O)(=O)c1ccc(NC2CCC(N3CCOCC3)CC2)c([N+](=O)[O-])c1. The molecule has 1 saturated heterocycles. The number of sulfonamides is 1. The van der Waals surface area contributed by atoms with Crippen molar-refractivity contribution in [3.8, 4) is 5.75 Å². The van der Waals surface area contributed by atoms with E-state index in [1.54, 1.807) is 48.7 Å². The largest absolute Gasteiger partial charge is 0.379 e. The van der Waals surface area contributed by atoms with Gasteiger partial charge in [-0.15, -0.1) is 0 Å². The Morgan fingerprint density at radius 1 is 1.00 bits per heavy atom. The average molecular weight is 620 g/mol. The maximum Gasteiger partial charge on any atom is 0.302 e. The second kappa shape index (κ2) is 12.6. The van der Waals surface area contributed by atoms with Crippen molar-refractivity contribution in [2.24, 2.45) is 0 Å². The molecular weight excluding hydrogens is 586 g/mol. The van der Waals surface area contributed by atoms with Crippen LogP contribution in [-0.2, 0) is 14.8 Å². The number of hydrogen-bond donors (Lipinski definition) is 2. The van der Waals surface area contributed by atoms with Gasteiger partial charge in [-0.2, -0.15) is 8.42 Å². The van der Waals surface area contributed by atoms with E-state index < -0.39 is 31.4 Å². The average Bonchev–Trinajstić information content (AvgIpc) is 3.54. The summed E-state index contributed by atoms with van der Waals surface area (Å²) in [6.07, 6.45) is 5.24. The summed E-state index contributed by atoms with van der Waals surface area (Å²) in [5, 5.41) is 16.0. The number of H-pyrrole nitrogens is 1. The van der Waals surface area contributed by atoms with Gasteiger partial charge in [-0.1, -0.05) is 28.7 Å². The fourth-order valence-corrected chi connectivity index (χ4v) is 7.09. The van der Waals surface area contributed by atoms with Crippen molar-refractivity contribution in [3.05, 3.63) is 94.7 Å². The molecule has 12 nitrogen and oxygen atoms in total. The lowest BCUT2D eigenvalue weighted by Gasteiger charge is -2.39. The third-order valence-corrected chi connectivity index (χ3v) is 9.75. The van der Waals surface area contributed by atoms with E-state index in [1.807, 2.05) is 0 Å². The maximum atomic E-state index is 14.0. The third-order valence-electron chi connectivity index (χ3n) is 8.22. The quantitative estimate of drug-likeness (QED) is 0.196. The first-order chi connectivity index (χ1) is 21.3.